The van der Waals surface area contributed by atoms with Crippen molar-refractivity contribution in [2.75, 3.05) is 6.61 Å². The summed E-state index contributed by atoms with van der Waals surface area (Å²) in [6, 6.07) is 10.2. The van der Waals surface area contributed by atoms with E-state index in [2.05, 4.69) is 30.1 Å². The van der Waals surface area contributed by atoms with E-state index in [-0.39, 0.29) is 18.1 Å². The fourth-order valence-electron chi connectivity index (χ4n) is 2.08. The molecule has 1 aromatic rings. The van der Waals surface area contributed by atoms with Gasteiger partial charge in [0.2, 0.25) is 0 Å². The summed E-state index contributed by atoms with van der Waals surface area (Å²) in [4.78, 5) is 4.44. The molecule has 0 saturated carbocycles. The molecule has 2 atom stereocenters. The van der Waals surface area contributed by atoms with Crippen molar-refractivity contribution in [3.05, 3.63) is 48.0 Å². The van der Waals surface area contributed by atoms with E-state index in [0.717, 1.165) is 6.42 Å². The highest BCUT2D eigenvalue weighted by molar-refractivity contribution is 5.75. The van der Waals surface area contributed by atoms with Crippen molar-refractivity contribution in [2.24, 2.45) is 10.9 Å². The number of aliphatic hydroxyl groups is 1. The Labute approximate surface area is 96.3 Å². The van der Waals surface area contributed by atoms with Crippen LogP contribution in [0.2, 0.25) is 0 Å². The molecular formula is C14H17NO. The number of hydrogen-bond acceptors (Lipinski definition) is 2. The Bertz CT molecular complexity index is 382. The third-order valence-corrected chi connectivity index (χ3v) is 3.24. The van der Waals surface area contributed by atoms with Crippen molar-refractivity contribution < 1.29 is 5.11 Å². The molecule has 0 radical (unpaired) electrons. The van der Waals surface area contributed by atoms with Crippen molar-refractivity contribution in [3.63, 3.8) is 0 Å². The van der Waals surface area contributed by atoms with E-state index in [1.807, 2.05) is 30.5 Å². The standard InChI is InChI=1S/C14H17NO/c1-14(8-5-9-15-14)13(11-16)10-12-6-3-2-4-7-12/h2-9,13,16H,10-11H2,1H3. The number of rotatable bonds is 4. The minimum absolute atomic E-state index is 0.143. The molecule has 2 heteroatoms. The lowest BCUT2D eigenvalue weighted by molar-refractivity contribution is 0.185. The van der Waals surface area contributed by atoms with E-state index in [1.54, 1.807) is 0 Å². The number of nitrogens with zero attached hydrogens (tertiary/aromatic N) is 1. The summed E-state index contributed by atoms with van der Waals surface area (Å²) in [5.74, 6) is 0.143. The van der Waals surface area contributed by atoms with Gasteiger partial charge in [-0.05, 0) is 25.0 Å². The average molecular weight is 215 g/mol. The SMILES string of the molecule is CC1(C(CO)Cc2ccccc2)C=CC=N1. The third-order valence-electron chi connectivity index (χ3n) is 3.24. The summed E-state index contributed by atoms with van der Waals surface area (Å²) in [7, 11) is 0. The van der Waals surface area contributed by atoms with Crippen LogP contribution >= 0.6 is 0 Å². The summed E-state index contributed by atoms with van der Waals surface area (Å²) in [5.41, 5.74) is 1.00. The lowest BCUT2D eigenvalue weighted by Gasteiger charge is -2.28. The summed E-state index contributed by atoms with van der Waals surface area (Å²) >= 11 is 0. The molecule has 1 aromatic carbocycles. The molecule has 2 nitrogen and oxygen atoms in total. The van der Waals surface area contributed by atoms with Gasteiger partial charge in [0.15, 0.2) is 0 Å². The lowest BCUT2D eigenvalue weighted by atomic mass is 9.83. The summed E-state index contributed by atoms with van der Waals surface area (Å²) in [6.07, 6.45) is 6.69. The molecule has 0 aliphatic carbocycles. The molecule has 1 aliphatic heterocycles. The molecule has 0 spiro atoms. The van der Waals surface area contributed by atoms with E-state index in [1.165, 1.54) is 5.56 Å². The van der Waals surface area contributed by atoms with E-state index in [9.17, 15) is 5.11 Å². The van der Waals surface area contributed by atoms with Gasteiger partial charge < -0.3 is 5.11 Å². The van der Waals surface area contributed by atoms with Crippen LogP contribution in [0.4, 0.5) is 0 Å². The van der Waals surface area contributed by atoms with Gasteiger partial charge in [-0.1, -0.05) is 36.4 Å². The minimum Gasteiger partial charge on any atom is -0.396 e. The smallest absolute Gasteiger partial charge is 0.0816 e. The van der Waals surface area contributed by atoms with Gasteiger partial charge in [-0.15, -0.1) is 0 Å². The first-order valence-electron chi connectivity index (χ1n) is 5.62. The second-order valence-corrected chi connectivity index (χ2v) is 4.43. The van der Waals surface area contributed by atoms with E-state index >= 15 is 0 Å². The first-order chi connectivity index (χ1) is 7.74. The summed E-state index contributed by atoms with van der Waals surface area (Å²) in [5, 5.41) is 9.51. The molecule has 1 heterocycles. The lowest BCUT2D eigenvalue weighted by Crippen LogP contribution is -2.33. The second kappa shape index (κ2) is 4.62. The van der Waals surface area contributed by atoms with Gasteiger partial charge in [0, 0.05) is 18.7 Å². The zero-order chi connectivity index (χ0) is 11.4. The Morgan fingerprint density at radius 2 is 2.06 bits per heavy atom. The van der Waals surface area contributed by atoms with E-state index < -0.39 is 0 Å². The Morgan fingerprint density at radius 3 is 2.62 bits per heavy atom. The van der Waals surface area contributed by atoms with Crippen molar-refractivity contribution in [1.29, 1.82) is 0 Å². The minimum atomic E-state index is -0.245. The Hall–Kier alpha value is -1.41. The van der Waals surface area contributed by atoms with Gasteiger partial charge >= 0.3 is 0 Å². The first-order valence-corrected chi connectivity index (χ1v) is 5.62. The van der Waals surface area contributed by atoms with Gasteiger partial charge in [0.1, 0.15) is 0 Å². The summed E-state index contributed by atoms with van der Waals surface area (Å²) in [6.45, 7) is 2.23. The number of hydrogen-bond donors (Lipinski definition) is 1. The summed E-state index contributed by atoms with van der Waals surface area (Å²) < 4.78 is 0. The van der Waals surface area contributed by atoms with Crippen LogP contribution in [0.15, 0.2) is 47.5 Å². The molecular weight excluding hydrogens is 198 g/mol. The molecule has 0 amide bonds. The largest absolute Gasteiger partial charge is 0.396 e. The Kier molecular flexibility index (Phi) is 3.20. The molecule has 0 aromatic heterocycles. The molecule has 0 bridgehead atoms. The Balaban J connectivity index is 2.13. The normalized spacial score (nSPS) is 24.9. The zero-order valence-electron chi connectivity index (χ0n) is 9.50. The van der Waals surface area contributed by atoms with Crippen LogP contribution < -0.4 is 0 Å². The van der Waals surface area contributed by atoms with Gasteiger partial charge in [-0.25, -0.2) is 0 Å². The monoisotopic (exact) mass is 215 g/mol. The van der Waals surface area contributed by atoms with Gasteiger partial charge in [0.25, 0.3) is 0 Å². The fourth-order valence-corrected chi connectivity index (χ4v) is 2.08. The molecule has 16 heavy (non-hydrogen) atoms. The van der Waals surface area contributed by atoms with Crippen LogP contribution in [0.5, 0.6) is 0 Å². The van der Waals surface area contributed by atoms with Crippen LogP contribution in [0.25, 0.3) is 0 Å². The van der Waals surface area contributed by atoms with Crippen LogP contribution in [-0.2, 0) is 6.42 Å². The quantitative estimate of drug-likeness (QED) is 0.820. The maximum atomic E-state index is 9.51. The third kappa shape index (κ3) is 2.22. The van der Waals surface area contributed by atoms with Crippen molar-refractivity contribution >= 4 is 6.21 Å². The number of allylic oxidation sites excluding steroid dienone is 1. The Morgan fingerprint density at radius 1 is 1.31 bits per heavy atom. The second-order valence-electron chi connectivity index (χ2n) is 4.43. The van der Waals surface area contributed by atoms with E-state index in [4.69, 9.17) is 0 Å². The van der Waals surface area contributed by atoms with Crippen LogP contribution in [0.1, 0.15) is 12.5 Å². The maximum absolute atomic E-state index is 9.51. The number of aliphatic hydroxyl groups excluding tert-OH is 1. The highest BCUT2D eigenvalue weighted by atomic mass is 16.3. The molecule has 84 valence electrons. The predicted octanol–water partition coefficient (Wildman–Crippen LogP) is 2.24. The number of benzene rings is 1. The van der Waals surface area contributed by atoms with Gasteiger partial charge in [-0.2, -0.15) is 0 Å². The van der Waals surface area contributed by atoms with Crippen molar-refractivity contribution in [3.8, 4) is 0 Å². The van der Waals surface area contributed by atoms with Gasteiger partial charge in [-0.3, -0.25) is 4.99 Å². The maximum Gasteiger partial charge on any atom is 0.0816 e. The fraction of sp³-hybridized carbons (Fsp3) is 0.357. The topological polar surface area (TPSA) is 32.6 Å². The highest BCUT2D eigenvalue weighted by Crippen LogP contribution is 2.28. The number of aliphatic imine (C=N–C) groups is 1. The molecule has 0 saturated heterocycles. The van der Waals surface area contributed by atoms with Crippen LogP contribution in [0, 0.1) is 5.92 Å². The first kappa shape index (κ1) is 11.1. The molecule has 2 unspecified atom stereocenters. The van der Waals surface area contributed by atoms with Crippen molar-refractivity contribution in [1.82, 2.24) is 0 Å². The van der Waals surface area contributed by atoms with Crippen molar-refractivity contribution in [2.45, 2.75) is 18.9 Å². The van der Waals surface area contributed by atoms with Crippen LogP contribution in [0.3, 0.4) is 0 Å². The van der Waals surface area contributed by atoms with E-state index in [0.29, 0.717) is 0 Å². The highest BCUT2D eigenvalue weighted by Gasteiger charge is 2.31. The van der Waals surface area contributed by atoms with Gasteiger partial charge in [0.05, 0.1) is 5.54 Å². The molecule has 1 N–H and O–H groups in total. The molecule has 0 fully saturated rings. The van der Waals surface area contributed by atoms with Crippen LogP contribution in [-0.4, -0.2) is 23.5 Å². The average Bonchev–Trinajstić information content (AvgIpc) is 2.75. The molecule has 1 aliphatic rings. The predicted molar refractivity (Wildman–Crippen MR) is 66.8 cm³/mol. The zero-order valence-corrected chi connectivity index (χ0v) is 9.50. The molecule has 2 rings (SSSR count).